The lowest BCUT2D eigenvalue weighted by Gasteiger charge is -2.30. The molecule has 0 spiro atoms. The van der Waals surface area contributed by atoms with E-state index in [4.69, 9.17) is 0 Å². The van der Waals surface area contributed by atoms with Gasteiger partial charge in [-0.15, -0.1) is 4.40 Å². The Morgan fingerprint density at radius 1 is 1.10 bits per heavy atom. The molecule has 2 aromatic carbocycles. The Morgan fingerprint density at radius 2 is 1.90 bits per heavy atom. The SMILES string of the molecule is CCN(Cc1ccccc1)C(=O)c1ccc2c(c1)S(=O)(=O)N=C1CCCCCN12. The summed E-state index contributed by atoms with van der Waals surface area (Å²) in [6.07, 6.45) is 3.67. The molecule has 1 saturated heterocycles. The zero-order chi connectivity index (χ0) is 20.4. The highest BCUT2D eigenvalue weighted by Crippen LogP contribution is 2.35. The fourth-order valence-electron chi connectivity index (χ4n) is 3.93. The van der Waals surface area contributed by atoms with Crippen molar-refractivity contribution in [1.82, 2.24) is 4.90 Å². The summed E-state index contributed by atoms with van der Waals surface area (Å²) >= 11 is 0. The maximum Gasteiger partial charge on any atom is 0.286 e. The predicted octanol–water partition coefficient (Wildman–Crippen LogP) is 3.83. The van der Waals surface area contributed by atoms with Crippen molar-refractivity contribution in [2.45, 2.75) is 44.0 Å². The first kappa shape index (κ1) is 19.6. The van der Waals surface area contributed by atoms with Gasteiger partial charge in [-0.3, -0.25) is 4.79 Å². The van der Waals surface area contributed by atoms with Crippen LogP contribution in [0.15, 0.2) is 57.8 Å². The minimum absolute atomic E-state index is 0.129. The summed E-state index contributed by atoms with van der Waals surface area (Å²) in [7, 11) is -3.80. The van der Waals surface area contributed by atoms with Crippen LogP contribution >= 0.6 is 0 Å². The number of amides is 1. The van der Waals surface area contributed by atoms with Gasteiger partial charge in [-0.05, 0) is 43.5 Å². The van der Waals surface area contributed by atoms with Gasteiger partial charge in [0.25, 0.3) is 15.9 Å². The molecule has 2 aliphatic rings. The fourth-order valence-corrected chi connectivity index (χ4v) is 5.21. The number of rotatable bonds is 4. The molecule has 2 heterocycles. The van der Waals surface area contributed by atoms with Crippen LogP contribution in [-0.2, 0) is 16.6 Å². The summed E-state index contributed by atoms with van der Waals surface area (Å²) in [5.41, 5.74) is 2.05. The van der Waals surface area contributed by atoms with Crippen molar-refractivity contribution in [3.05, 3.63) is 59.7 Å². The van der Waals surface area contributed by atoms with Crippen molar-refractivity contribution in [2.75, 3.05) is 18.0 Å². The highest BCUT2D eigenvalue weighted by molar-refractivity contribution is 7.90. The van der Waals surface area contributed by atoms with Crippen molar-refractivity contribution in [3.8, 4) is 0 Å². The molecule has 0 N–H and O–H groups in total. The average molecular weight is 412 g/mol. The van der Waals surface area contributed by atoms with Crippen molar-refractivity contribution < 1.29 is 13.2 Å². The molecule has 6 nitrogen and oxygen atoms in total. The van der Waals surface area contributed by atoms with Crippen LogP contribution in [-0.4, -0.2) is 38.2 Å². The number of nitrogens with zero attached hydrogens (tertiary/aromatic N) is 3. The van der Waals surface area contributed by atoms with E-state index < -0.39 is 10.0 Å². The number of benzene rings is 2. The van der Waals surface area contributed by atoms with E-state index in [0.717, 1.165) is 31.4 Å². The molecule has 152 valence electrons. The summed E-state index contributed by atoms with van der Waals surface area (Å²) in [6, 6.07) is 14.8. The molecule has 1 amide bonds. The van der Waals surface area contributed by atoms with Crippen molar-refractivity contribution >= 4 is 27.5 Å². The predicted molar refractivity (Wildman–Crippen MR) is 114 cm³/mol. The minimum Gasteiger partial charge on any atom is -0.335 e. The third-order valence-corrected chi connectivity index (χ3v) is 6.81. The molecule has 7 heteroatoms. The number of amidine groups is 1. The van der Waals surface area contributed by atoms with Gasteiger partial charge in [0, 0.05) is 31.6 Å². The first-order valence-corrected chi connectivity index (χ1v) is 11.5. The number of carbonyl (C=O) groups excluding carboxylic acids is 1. The zero-order valence-corrected chi connectivity index (χ0v) is 17.4. The van der Waals surface area contributed by atoms with E-state index in [-0.39, 0.29) is 10.8 Å². The maximum absolute atomic E-state index is 13.1. The topological polar surface area (TPSA) is 70.0 Å². The Labute approximate surface area is 171 Å². The van der Waals surface area contributed by atoms with Crippen molar-refractivity contribution in [2.24, 2.45) is 4.40 Å². The summed E-state index contributed by atoms with van der Waals surface area (Å²) in [4.78, 5) is 16.9. The van der Waals surface area contributed by atoms with Crippen LogP contribution in [0.3, 0.4) is 0 Å². The molecule has 29 heavy (non-hydrogen) atoms. The van der Waals surface area contributed by atoms with Gasteiger partial charge < -0.3 is 9.80 Å². The molecule has 2 aliphatic heterocycles. The lowest BCUT2D eigenvalue weighted by atomic mass is 10.1. The average Bonchev–Trinajstić information content (AvgIpc) is 2.97. The third kappa shape index (κ3) is 3.92. The zero-order valence-electron chi connectivity index (χ0n) is 16.5. The summed E-state index contributed by atoms with van der Waals surface area (Å²) in [5, 5.41) is 0. The first-order valence-electron chi connectivity index (χ1n) is 10.1. The maximum atomic E-state index is 13.1. The van der Waals surface area contributed by atoms with Gasteiger partial charge in [-0.1, -0.05) is 36.8 Å². The van der Waals surface area contributed by atoms with Crippen LogP contribution < -0.4 is 4.90 Å². The molecule has 0 aromatic heterocycles. The van der Waals surface area contributed by atoms with Crippen molar-refractivity contribution in [1.29, 1.82) is 0 Å². The normalized spacial score (nSPS) is 17.6. The molecular weight excluding hydrogens is 386 g/mol. The van der Waals surface area contributed by atoms with Crippen LogP contribution in [0, 0.1) is 0 Å². The minimum atomic E-state index is -3.80. The molecule has 2 aromatic rings. The summed E-state index contributed by atoms with van der Waals surface area (Å²) in [6.45, 7) is 3.69. The summed E-state index contributed by atoms with van der Waals surface area (Å²) < 4.78 is 29.7. The molecule has 4 rings (SSSR count). The Hall–Kier alpha value is -2.67. The van der Waals surface area contributed by atoms with Gasteiger partial charge in [-0.25, -0.2) is 0 Å². The van der Waals surface area contributed by atoms with E-state index in [0.29, 0.717) is 36.6 Å². The van der Waals surface area contributed by atoms with E-state index >= 15 is 0 Å². The quantitative estimate of drug-likeness (QED) is 0.767. The summed E-state index contributed by atoms with van der Waals surface area (Å²) in [5.74, 6) is 0.438. The number of hydrogen-bond acceptors (Lipinski definition) is 4. The number of carbonyl (C=O) groups is 1. The Balaban J connectivity index is 1.67. The number of hydrogen-bond donors (Lipinski definition) is 0. The lowest BCUT2D eigenvalue weighted by molar-refractivity contribution is 0.0752. The van der Waals surface area contributed by atoms with E-state index in [1.165, 1.54) is 6.07 Å². The lowest BCUT2D eigenvalue weighted by Crippen LogP contribution is -2.36. The fraction of sp³-hybridized carbons (Fsp3) is 0.364. The van der Waals surface area contributed by atoms with Crippen LogP contribution in [0.1, 0.15) is 48.5 Å². The van der Waals surface area contributed by atoms with Crippen LogP contribution in [0.2, 0.25) is 0 Å². The molecular formula is C22H25N3O3S. The van der Waals surface area contributed by atoms with Gasteiger partial charge in [0.05, 0.1) is 5.69 Å². The first-order chi connectivity index (χ1) is 14.0. The molecule has 0 unspecified atom stereocenters. The van der Waals surface area contributed by atoms with Gasteiger partial charge >= 0.3 is 0 Å². The van der Waals surface area contributed by atoms with E-state index in [9.17, 15) is 13.2 Å². The van der Waals surface area contributed by atoms with Gasteiger partial charge in [0.15, 0.2) is 0 Å². The van der Waals surface area contributed by atoms with Gasteiger partial charge in [0.1, 0.15) is 10.7 Å². The van der Waals surface area contributed by atoms with Crippen molar-refractivity contribution in [3.63, 3.8) is 0 Å². The van der Waals surface area contributed by atoms with E-state index in [1.807, 2.05) is 42.2 Å². The second-order valence-corrected chi connectivity index (χ2v) is 9.00. The van der Waals surface area contributed by atoms with E-state index in [1.54, 1.807) is 17.0 Å². The standard InChI is InChI=1S/C22H25N3O3S/c1-2-24(16-17-9-5-3-6-10-17)22(26)18-12-13-19-20(15-18)29(27,28)23-21-11-7-4-8-14-25(19)21/h3,5-6,9-10,12-13,15H,2,4,7-8,11,14,16H2,1H3. The highest BCUT2D eigenvalue weighted by Gasteiger charge is 2.32. The number of sulfonamides is 1. The largest absolute Gasteiger partial charge is 0.335 e. The van der Waals surface area contributed by atoms with Crippen LogP contribution in [0.5, 0.6) is 0 Å². The highest BCUT2D eigenvalue weighted by atomic mass is 32.2. The molecule has 0 aliphatic carbocycles. The molecule has 0 bridgehead atoms. The van der Waals surface area contributed by atoms with E-state index in [2.05, 4.69) is 4.40 Å². The second kappa shape index (κ2) is 7.99. The van der Waals surface area contributed by atoms with Gasteiger partial charge in [0.2, 0.25) is 0 Å². The monoisotopic (exact) mass is 411 g/mol. The third-order valence-electron chi connectivity index (χ3n) is 5.48. The molecule has 0 atom stereocenters. The Morgan fingerprint density at radius 3 is 2.66 bits per heavy atom. The Bertz CT molecular complexity index is 1050. The Kier molecular flexibility index (Phi) is 5.41. The van der Waals surface area contributed by atoms with Crippen LogP contribution in [0.4, 0.5) is 5.69 Å². The van der Waals surface area contributed by atoms with Crippen LogP contribution in [0.25, 0.3) is 0 Å². The smallest absolute Gasteiger partial charge is 0.286 e. The number of fused-ring (bicyclic) bond motifs is 3. The number of anilines is 1. The van der Waals surface area contributed by atoms with Gasteiger partial charge in [-0.2, -0.15) is 8.42 Å². The molecule has 0 radical (unpaired) electrons. The second-order valence-electron chi connectivity index (χ2n) is 7.43. The molecule has 0 saturated carbocycles. The molecule has 1 fully saturated rings.